The molecule has 1 aliphatic carbocycles. The van der Waals surface area contributed by atoms with Crippen LogP contribution in [-0.2, 0) is 5.41 Å². The largest absolute Gasteiger partial charge is 0.357 e. The Morgan fingerprint density at radius 3 is 2.55 bits per heavy atom. The molecule has 0 unspecified atom stereocenters. The van der Waals surface area contributed by atoms with Crippen LogP contribution >= 0.6 is 39.9 Å². The first-order chi connectivity index (χ1) is 10.1. The highest BCUT2D eigenvalue weighted by Crippen LogP contribution is 2.50. The van der Waals surface area contributed by atoms with E-state index in [1.54, 1.807) is 0 Å². The molecule has 0 bridgehead atoms. The molecule has 1 aliphatic rings. The molecule has 0 heterocycles. The molecule has 0 radical (unpaired) electrons. The number of aliphatic imine (C=N–C) groups is 1. The van der Waals surface area contributed by atoms with Crippen LogP contribution < -0.4 is 10.6 Å². The lowest BCUT2D eigenvalue weighted by atomic mass is 9.96. The Kier molecular flexibility index (Phi) is 8.02. The van der Waals surface area contributed by atoms with Crippen molar-refractivity contribution in [2.45, 2.75) is 31.6 Å². The number of benzene rings is 1. The molecular formula is C15H21BrF2IN3. The van der Waals surface area contributed by atoms with Gasteiger partial charge in [0.15, 0.2) is 5.96 Å². The number of nitrogens with zero attached hydrogens (tertiary/aromatic N) is 1. The van der Waals surface area contributed by atoms with Gasteiger partial charge in [-0.2, -0.15) is 0 Å². The van der Waals surface area contributed by atoms with Crippen molar-refractivity contribution >= 4 is 45.9 Å². The maximum absolute atomic E-state index is 12.3. The Balaban J connectivity index is 0.00000242. The van der Waals surface area contributed by atoms with Crippen LogP contribution in [-0.4, -0.2) is 32.0 Å². The third-order valence-corrected chi connectivity index (χ3v) is 4.30. The number of rotatable bonds is 6. The van der Waals surface area contributed by atoms with Gasteiger partial charge < -0.3 is 10.6 Å². The summed E-state index contributed by atoms with van der Waals surface area (Å²) in [4.78, 5) is 4.48. The molecular weight excluding hydrogens is 467 g/mol. The molecule has 2 rings (SSSR count). The molecule has 0 atom stereocenters. The smallest absolute Gasteiger partial charge is 0.255 e. The van der Waals surface area contributed by atoms with E-state index in [0.29, 0.717) is 19.0 Å². The van der Waals surface area contributed by atoms with Gasteiger partial charge in [0.05, 0.1) is 13.1 Å². The summed E-state index contributed by atoms with van der Waals surface area (Å²) in [6.07, 6.45) is -0.229. The molecule has 0 aromatic heterocycles. The Labute approximate surface area is 155 Å². The summed E-state index contributed by atoms with van der Waals surface area (Å²) in [6, 6.07) is 8.14. The fourth-order valence-electron chi connectivity index (χ4n) is 2.30. The standard InChI is InChI=1S/C15H20BrF2N3.HI/c1-2-19-14(20-9-13(17)18)21-10-15(7-8-15)11-5-3-4-6-12(11)16;/h3-6,13H,2,7-10H2,1H3,(H2,19,20,21);1H. The van der Waals surface area contributed by atoms with Gasteiger partial charge in [-0.3, -0.25) is 4.99 Å². The van der Waals surface area contributed by atoms with Crippen molar-refractivity contribution in [2.75, 3.05) is 19.6 Å². The molecule has 1 fully saturated rings. The molecule has 124 valence electrons. The van der Waals surface area contributed by atoms with Crippen LogP contribution in [0, 0.1) is 0 Å². The zero-order valence-electron chi connectivity index (χ0n) is 12.4. The van der Waals surface area contributed by atoms with Crippen LogP contribution in [0.3, 0.4) is 0 Å². The quantitative estimate of drug-likeness (QED) is 0.362. The Hall–Kier alpha value is -0.440. The summed E-state index contributed by atoms with van der Waals surface area (Å²) in [7, 11) is 0. The average molecular weight is 488 g/mol. The second-order valence-electron chi connectivity index (χ2n) is 5.23. The van der Waals surface area contributed by atoms with E-state index in [0.717, 1.165) is 17.3 Å². The maximum atomic E-state index is 12.3. The molecule has 1 aromatic carbocycles. The third-order valence-electron chi connectivity index (χ3n) is 3.61. The molecule has 0 saturated heterocycles. The topological polar surface area (TPSA) is 36.4 Å². The summed E-state index contributed by atoms with van der Waals surface area (Å²) >= 11 is 3.58. The Morgan fingerprint density at radius 1 is 1.32 bits per heavy atom. The van der Waals surface area contributed by atoms with Crippen molar-refractivity contribution in [3.63, 3.8) is 0 Å². The maximum Gasteiger partial charge on any atom is 0.255 e. The highest BCUT2D eigenvalue weighted by Gasteiger charge is 2.45. The van der Waals surface area contributed by atoms with Gasteiger partial charge in [-0.05, 0) is 31.4 Å². The van der Waals surface area contributed by atoms with Crippen LogP contribution in [0.5, 0.6) is 0 Å². The van der Waals surface area contributed by atoms with E-state index in [4.69, 9.17) is 0 Å². The lowest BCUT2D eigenvalue weighted by Crippen LogP contribution is -2.40. The molecule has 22 heavy (non-hydrogen) atoms. The van der Waals surface area contributed by atoms with E-state index in [-0.39, 0.29) is 35.9 Å². The Bertz CT molecular complexity index is 507. The molecule has 1 saturated carbocycles. The number of hydrogen-bond donors (Lipinski definition) is 2. The molecule has 0 spiro atoms. The molecule has 2 N–H and O–H groups in total. The van der Waals surface area contributed by atoms with Gasteiger partial charge in [-0.25, -0.2) is 8.78 Å². The van der Waals surface area contributed by atoms with Crippen LogP contribution in [0.15, 0.2) is 33.7 Å². The minimum atomic E-state index is -2.38. The molecule has 0 amide bonds. The van der Waals surface area contributed by atoms with Crippen molar-refractivity contribution in [3.8, 4) is 0 Å². The van der Waals surface area contributed by atoms with Crippen molar-refractivity contribution < 1.29 is 8.78 Å². The van der Waals surface area contributed by atoms with Crippen molar-refractivity contribution in [1.29, 1.82) is 0 Å². The summed E-state index contributed by atoms with van der Waals surface area (Å²) in [5.41, 5.74) is 1.30. The number of hydrogen-bond acceptors (Lipinski definition) is 1. The summed E-state index contributed by atoms with van der Waals surface area (Å²) in [5.74, 6) is 0.455. The van der Waals surface area contributed by atoms with Crippen LogP contribution in [0.2, 0.25) is 0 Å². The summed E-state index contributed by atoms with van der Waals surface area (Å²) < 4.78 is 25.7. The zero-order chi connectivity index (χ0) is 15.3. The van der Waals surface area contributed by atoms with E-state index in [2.05, 4.69) is 37.6 Å². The summed E-state index contributed by atoms with van der Waals surface area (Å²) in [6.45, 7) is 2.79. The number of nitrogens with one attached hydrogen (secondary N) is 2. The molecule has 1 aromatic rings. The van der Waals surface area contributed by atoms with Gasteiger partial charge >= 0.3 is 0 Å². The molecule has 7 heteroatoms. The number of guanidine groups is 1. The minimum Gasteiger partial charge on any atom is -0.357 e. The average Bonchev–Trinajstić information content (AvgIpc) is 3.23. The SMILES string of the molecule is CCNC(=NCC1(c2ccccc2Br)CC1)NCC(F)F.I. The van der Waals surface area contributed by atoms with E-state index in [1.165, 1.54) is 5.56 Å². The predicted molar refractivity (Wildman–Crippen MR) is 100 cm³/mol. The van der Waals surface area contributed by atoms with Gasteiger partial charge in [-0.1, -0.05) is 34.1 Å². The van der Waals surface area contributed by atoms with Gasteiger partial charge in [0.2, 0.25) is 0 Å². The second kappa shape index (κ2) is 9.00. The van der Waals surface area contributed by atoms with E-state index >= 15 is 0 Å². The number of alkyl halides is 2. The normalized spacial score (nSPS) is 16.1. The first-order valence-corrected chi connectivity index (χ1v) is 7.92. The fraction of sp³-hybridized carbons (Fsp3) is 0.533. The van der Waals surface area contributed by atoms with E-state index in [9.17, 15) is 8.78 Å². The third kappa shape index (κ3) is 5.33. The Morgan fingerprint density at radius 2 is 2.00 bits per heavy atom. The van der Waals surface area contributed by atoms with Crippen LogP contribution in [0.4, 0.5) is 8.78 Å². The molecule has 0 aliphatic heterocycles. The van der Waals surface area contributed by atoms with Crippen molar-refractivity contribution in [1.82, 2.24) is 10.6 Å². The highest BCUT2D eigenvalue weighted by molar-refractivity contribution is 14.0. The van der Waals surface area contributed by atoms with Crippen molar-refractivity contribution in [3.05, 3.63) is 34.3 Å². The fourth-order valence-corrected chi connectivity index (χ4v) is 3.01. The van der Waals surface area contributed by atoms with Gasteiger partial charge in [0.25, 0.3) is 6.43 Å². The first-order valence-electron chi connectivity index (χ1n) is 7.13. The van der Waals surface area contributed by atoms with E-state index < -0.39 is 6.43 Å². The lowest BCUT2D eigenvalue weighted by molar-refractivity contribution is 0.152. The zero-order valence-corrected chi connectivity index (χ0v) is 16.3. The summed E-state index contributed by atoms with van der Waals surface area (Å²) in [5, 5.41) is 5.66. The van der Waals surface area contributed by atoms with Gasteiger partial charge in [-0.15, -0.1) is 24.0 Å². The van der Waals surface area contributed by atoms with Gasteiger partial charge in [0, 0.05) is 16.4 Å². The van der Waals surface area contributed by atoms with E-state index in [1.807, 2.05) is 25.1 Å². The minimum absolute atomic E-state index is 0. The highest BCUT2D eigenvalue weighted by atomic mass is 127. The second-order valence-corrected chi connectivity index (χ2v) is 6.08. The van der Waals surface area contributed by atoms with Gasteiger partial charge in [0.1, 0.15) is 0 Å². The first kappa shape index (κ1) is 19.6. The monoisotopic (exact) mass is 487 g/mol. The number of halogens is 4. The van der Waals surface area contributed by atoms with Crippen LogP contribution in [0.25, 0.3) is 0 Å². The van der Waals surface area contributed by atoms with Crippen LogP contribution in [0.1, 0.15) is 25.3 Å². The lowest BCUT2D eigenvalue weighted by Gasteiger charge is -2.17. The molecule has 3 nitrogen and oxygen atoms in total. The van der Waals surface area contributed by atoms with Crippen molar-refractivity contribution in [2.24, 2.45) is 4.99 Å². The predicted octanol–water partition coefficient (Wildman–Crippen LogP) is 3.92.